The molecule has 0 saturated carbocycles. The minimum absolute atomic E-state index is 0.401. The van der Waals surface area contributed by atoms with Gasteiger partial charge in [-0.15, -0.1) is 0 Å². The van der Waals surface area contributed by atoms with E-state index in [4.69, 9.17) is 9.47 Å². The van der Waals surface area contributed by atoms with E-state index >= 15 is 0 Å². The number of carbonyl (C=O) groups excluding carboxylic acids is 1. The van der Waals surface area contributed by atoms with Gasteiger partial charge in [-0.25, -0.2) is 4.79 Å². The van der Waals surface area contributed by atoms with Crippen molar-refractivity contribution in [2.45, 2.75) is 26.4 Å². The Hall–Kier alpha value is -2.10. The van der Waals surface area contributed by atoms with Gasteiger partial charge in [-0.1, -0.05) is 0 Å². The van der Waals surface area contributed by atoms with E-state index < -0.39 is 11.6 Å². The Morgan fingerprint density at radius 3 is 2.68 bits per heavy atom. The molecule has 1 heterocycles. The molecule has 0 fully saturated rings. The quantitative estimate of drug-likeness (QED) is 0.795. The zero-order valence-electron chi connectivity index (χ0n) is 11.6. The molecule has 0 bridgehead atoms. The number of fused-ring (bicyclic) bond motifs is 1. The summed E-state index contributed by atoms with van der Waals surface area (Å²) in [6.45, 7) is 5.34. The van der Waals surface area contributed by atoms with E-state index in [0.29, 0.717) is 5.75 Å². The molecule has 2 rings (SSSR count). The van der Waals surface area contributed by atoms with Crippen molar-refractivity contribution in [2.24, 2.45) is 0 Å². The number of pyridine rings is 1. The summed E-state index contributed by atoms with van der Waals surface area (Å²) >= 11 is 0. The summed E-state index contributed by atoms with van der Waals surface area (Å²) in [7, 11) is 1.35. The molecule has 1 aromatic carbocycles. The normalized spacial score (nSPS) is 11.4. The average Bonchev–Trinajstić information content (AvgIpc) is 2.41. The van der Waals surface area contributed by atoms with Crippen LogP contribution in [0.1, 0.15) is 19.4 Å². The molecule has 4 heteroatoms. The lowest BCUT2D eigenvalue weighted by Crippen LogP contribution is -2.39. The van der Waals surface area contributed by atoms with Crippen molar-refractivity contribution in [1.29, 1.82) is 0 Å². The van der Waals surface area contributed by atoms with Gasteiger partial charge in [0.15, 0.2) is 5.60 Å². The van der Waals surface area contributed by atoms with Crippen LogP contribution in [-0.2, 0) is 9.53 Å². The molecule has 0 aliphatic rings. The first kappa shape index (κ1) is 13.3. The van der Waals surface area contributed by atoms with Crippen LogP contribution in [0.2, 0.25) is 0 Å². The highest BCUT2D eigenvalue weighted by Crippen LogP contribution is 2.29. The highest BCUT2D eigenvalue weighted by Gasteiger charge is 2.31. The van der Waals surface area contributed by atoms with E-state index in [1.165, 1.54) is 7.11 Å². The molecular formula is C15H17NO3. The van der Waals surface area contributed by atoms with Gasteiger partial charge in [0.1, 0.15) is 5.75 Å². The number of aryl methyl sites for hydroxylation is 1. The number of nitrogens with zero attached hydrogens (tertiary/aromatic N) is 1. The molecular weight excluding hydrogens is 242 g/mol. The maximum atomic E-state index is 11.7. The molecule has 0 spiro atoms. The summed E-state index contributed by atoms with van der Waals surface area (Å²) in [5.41, 5.74) is -0.0305. The van der Waals surface area contributed by atoms with Crippen LogP contribution in [0.15, 0.2) is 30.6 Å². The second-order valence-corrected chi connectivity index (χ2v) is 4.89. The molecule has 0 atom stereocenters. The molecule has 0 amide bonds. The summed E-state index contributed by atoms with van der Waals surface area (Å²) in [5, 5.41) is 2.11. The summed E-state index contributed by atoms with van der Waals surface area (Å²) in [6, 6.07) is 5.71. The van der Waals surface area contributed by atoms with Crippen molar-refractivity contribution in [3.63, 3.8) is 0 Å². The summed E-state index contributed by atoms with van der Waals surface area (Å²) in [6.07, 6.45) is 3.54. The second-order valence-electron chi connectivity index (χ2n) is 4.89. The predicted molar refractivity (Wildman–Crippen MR) is 73.2 cm³/mol. The number of rotatable bonds is 3. The fraction of sp³-hybridized carbons (Fsp3) is 0.333. The van der Waals surface area contributed by atoms with E-state index in [0.717, 1.165) is 16.3 Å². The van der Waals surface area contributed by atoms with Gasteiger partial charge in [0, 0.05) is 17.8 Å². The molecule has 1 aromatic heterocycles. The Morgan fingerprint density at radius 1 is 1.26 bits per heavy atom. The molecule has 2 aromatic rings. The maximum Gasteiger partial charge on any atom is 0.349 e. The van der Waals surface area contributed by atoms with Gasteiger partial charge < -0.3 is 9.47 Å². The lowest BCUT2D eigenvalue weighted by molar-refractivity contribution is -0.156. The fourth-order valence-electron chi connectivity index (χ4n) is 1.98. The Kier molecular flexibility index (Phi) is 3.42. The zero-order valence-corrected chi connectivity index (χ0v) is 11.6. The van der Waals surface area contributed by atoms with Crippen molar-refractivity contribution in [3.05, 3.63) is 36.2 Å². The first-order valence-electron chi connectivity index (χ1n) is 6.06. The lowest BCUT2D eigenvalue weighted by atomic mass is 10.1. The van der Waals surface area contributed by atoms with E-state index in [2.05, 4.69) is 4.98 Å². The zero-order chi connectivity index (χ0) is 14.0. The Labute approximate surface area is 112 Å². The molecule has 0 unspecified atom stereocenters. The first-order chi connectivity index (χ1) is 8.95. The first-order valence-corrected chi connectivity index (χ1v) is 6.06. The highest BCUT2D eigenvalue weighted by molar-refractivity contribution is 5.87. The highest BCUT2D eigenvalue weighted by atomic mass is 16.6. The maximum absolute atomic E-state index is 11.7. The minimum Gasteiger partial charge on any atom is -0.476 e. The van der Waals surface area contributed by atoms with E-state index in [1.807, 2.05) is 25.1 Å². The number of hydrogen-bond acceptors (Lipinski definition) is 4. The van der Waals surface area contributed by atoms with Gasteiger partial charge in [-0.05, 0) is 49.9 Å². The van der Waals surface area contributed by atoms with Crippen LogP contribution in [0.3, 0.4) is 0 Å². The average molecular weight is 259 g/mol. The molecule has 0 radical (unpaired) electrons. The van der Waals surface area contributed by atoms with Crippen molar-refractivity contribution >= 4 is 16.7 Å². The summed E-state index contributed by atoms with van der Waals surface area (Å²) in [5.74, 6) is 0.274. The number of benzene rings is 1. The van der Waals surface area contributed by atoms with Gasteiger partial charge in [0.2, 0.25) is 0 Å². The van der Waals surface area contributed by atoms with Gasteiger partial charge in [-0.3, -0.25) is 4.98 Å². The van der Waals surface area contributed by atoms with Crippen LogP contribution < -0.4 is 4.74 Å². The topological polar surface area (TPSA) is 48.4 Å². The molecule has 4 nitrogen and oxygen atoms in total. The van der Waals surface area contributed by atoms with Gasteiger partial charge in [0.05, 0.1) is 7.11 Å². The predicted octanol–water partition coefficient (Wildman–Crippen LogP) is 2.87. The van der Waals surface area contributed by atoms with Crippen LogP contribution in [0.4, 0.5) is 0 Å². The Balaban J connectivity index is 2.41. The fourth-order valence-corrected chi connectivity index (χ4v) is 1.98. The van der Waals surface area contributed by atoms with Crippen molar-refractivity contribution in [1.82, 2.24) is 4.98 Å². The van der Waals surface area contributed by atoms with Crippen LogP contribution in [0.5, 0.6) is 5.75 Å². The van der Waals surface area contributed by atoms with Gasteiger partial charge in [0.25, 0.3) is 0 Å². The molecule has 19 heavy (non-hydrogen) atoms. The van der Waals surface area contributed by atoms with Crippen molar-refractivity contribution in [2.75, 3.05) is 7.11 Å². The molecule has 0 saturated heterocycles. The standard InChI is InChI=1S/C15H17NO3/c1-10-12-7-8-16-9-11(12)5-6-13(10)19-15(2,3)14(17)18-4/h5-9H,1-4H3. The molecule has 100 valence electrons. The molecule has 0 N–H and O–H groups in total. The number of hydrogen-bond donors (Lipinski definition) is 0. The molecule has 0 aliphatic heterocycles. The summed E-state index contributed by atoms with van der Waals surface area (Å²) < 4.78 is 10.5. The second kappa shape index (κ2) is 4.88. The van der Waals surface area contributed by atoms with Crippen molar-refractivity contribution in [3.8, 4) is 5.75 Å². The number of esters is 1. The van der Waals surface area contributed by atoms with Crippen molar-refractivity contribution < 1.29 is 14.3 Å². The Morgan fingerprint density at radius 2 is 2.00 bits per heavy atom. The van der Waals surface area contributed by atoms with Crippen LogP contribution >= 0.6 is 0 Å². The number of ether oxygens (including phenoxy) is 2. The van der Waals surface area contributed by atoms with Gasteiger partial charge in [-0.2, -0.15) is 0 Å². The smallest absolute Gasteiger partial charge is 0.349 e. The third-order valence-corrected chi connectivity index (χ3v) is 3.08. The van der Waals surface area contributed by atoms with Gasteiger partial charge >= 0.3 is 5.97 Å². The monoisotopic (exact) mass is 259 g/mol. The van der Waals surface area contributed by atoms with E-state index in [1.54, 1.807) is 26.2 Å². The SMILES string of the molecule is COC(=O)C(C)(C)Oc1ccc2cnccc2c1C. The van der Waals surface area contributed by atoms with E-state index in [9.17, 15) is 4.79 Å². The largest absolute Gasteiger partial charge is 0.476 e. The van der Waals surface area contributed by atoms with E-state index in [-0.39, 0.29) is 0 Å². The summed E-state index contributed by atoms with van der Waals surface area (Å²) in [4.78, 5) is 15.7. The third-order valence-electron chi connectivity index (χ3n) is 3.08. The number of methoxy groups -OCH3 is 1. The Bertz CT molecular complexity index is 620. The van der Waals surface area contributed by atoms with Crippen LogP contribution in [0, 0.1) is 6.92 Å². The number of aromatic nitrogens is 1. The lowest BCUT2D eigenvalue weighted by Gasteiger charge is -2.24. The minimum atomic E-state index is -1.01. The number of carbonyl (C=O) groups is 1. The van der Waals surface area contributed by atoms with Crippen LogP contribution in [0.25, 0.3) is 10.8 Å². The van der Waals surface area contributed by atoms with Crippen LogP contribution in [-0.4, -0.2) is 23.7 Å². The third kappa shape index (κ3) is 2.52. The molecule has 0 aliphatic carbocycles.